The Balaban J connectivity index is 2.15. The quantitative estimate of drug-likeness (QED) is 0.917. The fourth-order valence-electron chi connectivity index (χ4n) is 2.04. The molecule has 6 heteroatoms. The number of nitrogens with zero attached hydrogens (tertiary/aromatic N) is 3. The molecule has 1 amide bonds. The van der Waals surface area contributed by atoms with Crippen LogP contribution in [0.15, 0.2) is 47.3 Å². The van der Waals surface area contributed by atoms with Gasteiger partial charge in [0.05, 0.1) is 18.4 Å². The summed E-state index contributed by atoms with van der Waals surface area (Å²) >= 11 is 3.37. The van der Waals surface area contributed by atoms with Crippen molar-refractivity contribution in [1.82, 2.24) is 14.9 Å². The number of aromatic nitrogens is 2. The minimum absolute atomic E-state index is 0.171. The summed E-state index contributed by atoms with van der Waals surface area (Å²) in [7, 11) is 1.71. The Morgan fingerprint density at radius 1 is 1.33 bits per heavy atom. The number of carbonyl (C=O) groups is 1. The summed E-state index contributed by atoms with van der Waals surface area (Å²) in [5.74, 6) is -0.171. The summed E-state index contributed by atoms with van der Waals surface area (Å²) in [5, 5.41) is 0. The Morgan fingerprint density at radius 3 is 2.57 bits per heavy atom. The van der Waals surface area contributed by atoms with Crippen LogP contribution in [-0.2, 0) is 16.9 Å². The van der Waals surface area contributed by atoms with E-state index in [1.54, 1.807) is 37.5 Å². The third-order valence-electron chi connectivity index (χ3n) is 3.25. The largest absolute Gasteiger partial charge is 0.338 e. The summed E-state index contributed by atoms with van der Waals surface area (Å²) in [6.07, 6.45) is 4.83. The van der Waals surface area contributed by atoms with Gasteiger partial charge in [0.15, 0.2) is 0 Å². The van der Waals surface area contributed by atoms with Crippen LogP contribution in [0.5, 0.6) is 0 Å². The Hall–Kier alpha value is -1.79. The number of benzene rings is 1. The molecule has 0 aliphatic rings. The van der Waals surface area contributed by atoms with Gasteiger partial charge in [-0.1, -0.05) is 28.1 Å². The van der Waals surface area contributed by atoms with E-state index in [0.29, 0.717) is 6.54 Å². The SMILES string of the molecule is CN(Cc1cnccn1)C(=O)C(C)(N)c1ccc(Br)cc1. The van der Waals surface area contributed by atoms with Crippen molar-refractivity contribution in [3.63, 3.8) is 0 Å². The van der Waals surface area contributed by atoms with Gasteiger partial charge in [-0.15, -0.1) is 0 Å². The van der Waals surface area contributed by atoms with E-state index in [0.717, 1.165) is 15.7 Å². The van der Waals surface area contributed by atoms with Crippen LogP contribution in [0.4, 0.5) is 0 Å². The van der Waals surface area contributed by atoms with Crippen molar-refractivity contribution in [1.29, 1.82) is 0 Å². The average Bonchev–Trinajstić information content (AvgIpc) is 2.48. The lowest BCUT2D eigenvalue weighted by atomic mass is 9.92. The molecule has 2 aromatic rings. The first-order chi connectivity index (χ1) is 9.91. The average molecular weight is 349 g/mol. The zero-order valence-corrected chi connectivity index (χ0v) is 13.5. The molecule has 5 nitrogen and oxygen atoms in total. The molecular weight excluding hydrogens is 332 g/mol. The number of nitrogens with two attached hydrogens (primary N) is 1. The fraction of sp³-hybridized carbons (Fsp3) is 0.267. The molecule has 1 atom stereocenters. The molecule has 0 spiro atoms. The highest BCUT2D eigenvalue weighted by Gasteiger charge is 2.33. The lowest BCUT2D eigenvalue weighted by molar-refractivity contribution is -0.136. The third-order valence-corrected chi connectivity index (χ3v) is 3.78. The highest BCUT2D eigenvalue weighted by Crippen LogP contribution is 2.22. The Kier molecular flexibility index (Phi) is 4.69. The van der Waals surface area contributed by atoms with Crippen molar-refractivity contribution in [3.8, 4) is 0 Å². The lowest BCUT2D eigenvalue weighted by Crippen LogP contribution is -2.49. The number of hydrogen-bond donors (Lipinski definition) is 1. The minimum atomic E-state index is -1.09. The van der Waals surface area contributed by atoms with Crippen molar-refractivity contribution >= 4 is 21.8 Å². The smallest absolute Gasteiger partial charge is 0.247 e. The summed E-state index contributed by atoms with van der Waals surface area (Å²) in [6, 6.07) is 7.43. The Morgan fingerprint density at radius 2 is 2.00 bits per heavy atom. The summed E-state index contributed by atoms with van der Waals surface area (Å²) < 4.78 is 0.947. The molecule has 21 heavy (non-hydrogen) atoms. The second-order valence-corrected chi connectivity index (χ2v) is 5.98. The first-order valence-corrected chi connectivity index (χ1v) is 7.26. The molecule has 1 aromatic carbocycles. The highest BCUT2D eigenvalue weighted by molar-refractivity contribution is 9.10. The van der Waals surface area contributed by atoms with Gasteiger partial charge in [0, 0.05) is 23.9 Å². The zero-order valence-electron chi connectivity index (χ0n) is 12.0. The van der Waals surface area contributed by atoms with Gasteiger partial charge in [-0.25, -0.2) is 0 Å². The van der Waals surface area contributed by atoms with Gasteiger partial charge in [-0.3, -0.25) is 14.8 Å². The number of hydrogen-bond acceptors (Lipinski definition) is 4. The predicted octanol–water partition coefficient (Wildman–Crippen LogP) is 2.07. The maximum absolute atomic E-state index is 12.6. The topological polar surface area (TPSA) is 72.1 Å². The van der Waals surface area contributed by atoms with Gasteiger partial charge in [-0.05, 0) is 24.6 Å². The van der Waals surface area contributed by atoms with Crippen molar-refractivity contribution in [2.24, 2.45) is 5.73 Å². The summed E-state index contributed by atoms with van der Waals surface area (Å²) in [4.78, 5) is 22.3. The molecular formula is C15H17BrN4O. The molecule has 1 heterocycles. The van der Waals surface area contributed by atoms with Crippen LogP contribution >= 0.6 is 15.9 Å². The standard InChI is InChI=1S/C15H17BrN4O/c1-15(17,11-3-5-12(16)6-4-11)14(21)20(2)10-13-9-18-7-8-19-13/h3-9H,10,17H2,1-2H3. The van der Waals surface area contributed by atoms with Gasteiger partial charge in [0.2, 0.25) is 5.91 Å². The summed E-state index contributed by atoms with van der Waals surface area (Å²) in [5.41, 5.74) is 6.65. The van der Waals surface area contributed by atoms with Crippen LogP contribution in [0, 0.1) is 0 Å². The molecule has 2 rings (SSSR count). The number of carbonyl (C=O) groups excluding carboxylic acids is 1. The summed E-state index contributed by atoms with van der Waals surface area (Å²) in [6.45, 7) is 2.09. The van der Waals surface area contributed by atoms with Gasteiger partial charge in [0.1, 0.15) is 5.54 Å². The van der Waals surface area contributed by atoms with E-state index in [2.05, 4.69) is 25.9 Å². The van der Waals surface area contributed by atoms with Gasteiger partial charge in [-0.2, -0.15) is 0 Å². The maximum atomic E-state index is 12.6. The molecule has 0 fully saturated rings. The Bertz CT molecular complexity index is 613. The van der Waals surface area contributed by atoms with Crippen LogP contribution in [-0.4, -0.2) is 27.8 Å². The molecule has 2 N–H and O–H groups in total. The zero-order chi connectivity index (χ0) is 15.5. The molecule has 110 valence electrons. The van der Waals surface area contributed by atoms with E-state index in [1.807, 2.05) is 24.3 Å². The van der Waals surface area contributed by atoms with E-state index in [9.17, 15) is 4.79 Å². The molecule has 0 bridgehead atoms. The second-order valence-electron chi connectivity index (χ2n) is 5.07. The maximum Gasteiger partial charge on any atom is 0.247 e. The lowest BCUT2D eigenvalue weighted by Gasteiger charge is -2.29. The van der Waals surface area contributed by atoms with Crippen molar-refractivity contribution in [3.05, 3.63) is 58.6 Å². The number of likely N-dealkylation sites (N-methyl/N-ethyl adjacent to an activating group) is 1. The van der Waals surface area contributed by atoms with Gasteiger partial charge >= 0.3 is 0 Å². The van der Waals surface area contributed by atoms with E-state index in [4.69, 9.17) is 5.73 Å². The second kappa shape index (κ2) is 6.32. The van der Waals surface area contributed by atoms with Crippen molar-refractivity contribution in [2.45, 2.75) is 19.0 Å². The van der Waals surface area contributed by atoms with E-state index >= 15 is 0 Å². The van der Waals surface area contributed by atoms with Gasteiger partial charge < -0.3 is 10.6 Å². The van der Waals surface area contributed by atoms with E-state index in [1.165, 1.54) is 0 Å². The number of rotatable bonds is 4. The van der Waals surface area contributed by atoms with E-state index < -0.39 is 5.54 Å². The highest BCUT2D eigenvalue weighted by atomic mass is 79.9. The molecule has 0 radical (unpaired) electrons. The van der Waals surface area contributed by atoms with Crippen LogP contribution < -0.4 is 5.73 Å². The Labute approximate surface area is 132 Å². The molecule has 0 saturated carbocycles. The number of halogens is 1. The number of amides is 1. The molecule has 1 aromatic heterocycles. The molecule has 1 unspecified atom stereocenters. The van der Waals surface area contributed by atoms with Crippen LogP contribution in [0.2, 0.25) is 0 Å². The molecule has 0 aliphatic heterocycles. The van der Waals surface area contributed by atoms with Crippen molar-refractivity contribution in [2.75, 3.05) is 7.05 Å². The third kappa shape index (κ3) is 3.65. The minimum Gasteiger partial charge on any atom is -0.338 e. The first-order valence-electron chi connectivity index (χ1n) is 6.46. The van der Waals surface area contributed by atoms with Crippen LogP contribution in [0.25, 0.3) is 0 Å². The fourth-order valence-corrected chi connectivity index (χ4v) is 2.31. The van der Waals surface area contributed by atoms with Crippen LogP contribution in [0.1, 0.15) is 18.2 Å². The predicted molar refractivity (Wildman–Crippen MR) is 84.2 cm³/mol. The molecule has 0 saturated heterocycles. The van der Waals surface area contributed by atoms with Gasteiger partial charge in [0.25, 0.3) is 0 Å². The normalized spacial score (nSPS) is 13.5. The molecule has 0 aliphatic carbocycles. The van der Waals surface area contributed by atoms with Crippen LogP contribution in [0.3, 0.4) is 0 Å². The monoisotopic (exact) mass is 348 g/mol. The van der Waals surface area contributed by atoms with Crippen molar-refractivity contribution < 1.29 is 4.79 Å². The first kappa shape index (κ1) is 15.6. The van der Waals surface area contributed by atoms with E-state index in [-0.39, 0.29) is 5.91 Å².